The minimum atomic E-state index is -1.74. The van der Waals surface area contributed by atoms with Gasteiger partial charge in [0.15, 0.2) is 11.7 Å². The van der Waals surface area contributed by atoms with Crippen molar-refractivity contribution in [1.29, 1.82) is 0 Å². The van der Waals surface area contributed by atoms with Gasteiger partial charge in [-0.25, -0.2) is 0 Å². The van der Waals surface area contributed by atoms with Gasteiger partial charge in [-0.1, -0.05) is 0 Å². The van der Waals surface area contributed by atoms with E-state index in [-0.39, 0.29) is 0 Å². The number of rotatable bonds is 5. The lowest BCUT2D eigenvalue weighted by Crippen LogP contribution is -2.36. The predicted octanol–water partition coefficient (Wildman–Crippen LogP) is -1.69. The van der Waals surface area contributed by atoms with Crippen LogP contribution in [-0.2, 0) is 4.74 Å². The number of hydrogen-bond donors (Lipinski definition) is 5. The topological polar surface area (TPSA) is 90.2 Å². The quantitative estimate of drug-likeness (QED) is 0.269. The molecular weight excluding hydrogens is 184 g/mol. The van der Waals surface area contributed by atoms with Gasteiger partial charge in [-0.05, 0) is 6.92 Å². The van der Waals surface area contributed by atoms with Crippen LogP contribution >= 0.6 is 12.6 Å². The van der Waals surface area contributed by atoms with Crippen LogP contribution in [0.25, 0.3) is 0 Å². The highest BCUT2D eigenvalue weighted by Crippen LogP contribution is 2.08. The van der Waals surface area contributed by atoms with E-state index in [2.05, 4.69) is 12.6 Å². The fraction of sp³-hybridized carbons (Fsp3) is 1.00. The van der Waals surface area contributed by atoms with Gasteiger partial charge in [0.1, 0.15) is 6.10 Å². The van der Waals surface area contributed by atoms with Crippen LogP contribution in [0.5, 0.6) is 0 Å². The van der Waals surface area contributed by atoms with E-state index >= 15 is 0 Å². The van der Waals surface area contributed by atoms with Crippen LogP contribution in [-0.4, -0.2) is 51.0 Å². The molecule has 3 atom stereocenters. The molecule has 0 fully saturated rings. The van der Waals surface area contributed by atoms with Crippen LogP contribution in [0.4, 0.5) is 0 Å². The molecule has 0 aromatic carbocycles. The highest BCUT2D eigenvalue weighted by atomic mass is 32.1. The smallest absolute Gasteiger partial charge is 0.188 e. The van der Waals surface area contributed by atoms with E-state index in [1.54, 1.807) is 0 Å². The Balaban J connectivity index is 3.85. The third kappa shape index (κ3) is 4.24. The zero-order chi connectivity index (χ0) is 9.72. The molecule has 2 unspecified atom stereocenters. The van der Waals surface area contributed by atoms with Gasteiger partial charge in [0.25, 0.3) is 0 Å². The standard InChI is InChI=1S/C6H14O5S/c1-3(8)4(2-7)11-6(12)5(9)10/h3-10,12H,2H2,1H3/t3-,4?,6?/m0/s1. The van der Waals surface area contributed by atoms with Crippen LogP contribution < -0.4 is 0 Å². The van der Waals surface area contributed by atoms with E-state index in [0.29, 0.717) is 0 Å². The Hall–Kier alpha value is 0.150. The van der Waals surface area contributed by atoms with Gasteiger partial charge in [-0.2, -0.15) is 0 Å². The second-order valence-electron chi connectivity index (χ2n) is 2.40. The maximum absolute atomic E-state index is 8.96. The third-order valence-electron chi connectivity index (χ3n) is 1.29. The molecule has 0 aliphatic carbocycles. The first kappa shape index (κ1) is 12.2. The van der Waals surface area contributed by atoms with Crippen molar-refractivity contribution in [2.24, 2.45) is 0 Å². The summed E-state index contributed by atoms with van der Waals surface area (Å²) in [7, 11) is 0. The lowest BCUT2D eigenvalue weighted by atomic mass is 10.2. The summed E-state index contributed by atoms with van der Waals surface area (Å²) >= 11 is 3.67. The van der Waals surface area contributed by atoms with E-state index in [1.165, 1.54) is 6.92 Å². The highest BCUT2D eigenvalue weighted by molar-refractivity contribution is 7.80. The molecule has 0 bridgehead atoms. The molecule has 0 aliphatic rings. The van der Waals surface area contributed by atoms with Crippen LogP contribution in [0.2, 0.25) is 0 Å². The largest absolute Gasteiger partial charge is 0.394 e. The fourth-order valence-electron chi connectivity index (χ4n) is 0.559. The molecule has 0 aromatic rings. The molecule has 0 aliphatic heterocycles. The van der Waals surface area contributed by atoms with Crippen LogP contribution in [0.3, 0.4) is 0 Å². The Kier molecular flexibility index (Phi) is 5.81. The molecule has 0 radical (unpaired) electrons. The number of aliphatic hydroxyl groups is 4. The van der Waals surface area contributed by atoms with Crippen molar-refractivity contribution in [3.8, 4) is 0 Å². The summed E-state index contributed by atoms with van der Waals surface area (Å²) in [4.78, 5) is 0. The average molecular weight is 198 g/mol. The Labute approximate surface area is 76.0 Å². The monoisotopic (exact) mass is 198 g/mol. The summed E-state index contributed by atoms with van der Waals surface area (Å²) in [5, 5.41) is 34.7. The van der Waals surface area contributed by atoms with Crippen molar-refractivity contribution in [2.75, 3.05) is 6.61 Å². The Morgan fingerprint density at radius 3 is 2.08 bits per heavy atom. The van der Waals surface area contributed by atoms with Crippen molar-refractivity contribution >= 4 is 12.6 Å². The van der Waals surface area contributed by atoms with E-state index in [4.69, 9.17) is 25.2 Å². The normalized spacial score (nSPS) is 19.2. The number of thiol groups is 1. The lowest BCUT2D eigenvalue weighted by molar-refractivity contribution is -0.152. The van der Waals surface area contributed by atoms with Gasteiger partial charge in [0.2, 0.25) is 0 Å². The van der Waals surface area contributed by atoms with Gasteiger partial charge in [0, 0.05) is 0 Å². The van der Waals surface area contributed by atoms with E-state index in [0.717, 1.165) is 0 Å². The fourth-order valence-corrected chi connectivity index (χ4v) is 0.715. The number of hydrogen-bond acceptors (Lipinski definition) is 6. The third-order valence-corrected chi connectivity index (χ3v) is 1.68. The van der Waals surface area contributed by atoms with Gasteiger partial charge < -0.3 is 25.2 Å². The molecule has 0 spiro atoms. The first-order valence-corrected chi connectivity index (χ1v) is 3.99. The van der Waals surface area contributed by atoms with E-state index < -0.39 is 30.5 Å². The second-order valence-corrected chi connectivity index (χ2v) is 2.91. The lowest BCUT2D eigenvalue weighted by Gasteiger charge is -2.23. The van der Waals surface area contributed by atoms with Gasteiger partial charge in [0.05, 0.1) is 12.7 Å². The molecule has 0 aromatic heterocycles. The van der Waals surface area contributed by atoms with Gasteiger partial charge >= 0.3 is 0 Å². The predicted molar refractivity (Wildman–Crippen MR) is 44.6 cm³/mol. The molecule has 0 saturated carbocycles. The molecule has 0 saturated heterocycles. The summed E-state index contributed by atoms with van der Waals surface area (Å²) in [5.41, 5.74) is -1.13. The van der Waals surface area contributed by atoms with Gasteiger partial charge in [-0.15, -0.1) is 12.6 Å². The SMILES string of the molecule is C[C@H](O)C(CO)OC(S)C(O)O. The van der Waals surface area contributed by atoms with Crippen molar-refractivity contribution in [2.45, 2.75) is 30.9 Å². The van der Waals surface area contributed by atoms with E-state index in [9.17, 15) is 0 Å². The Bertz CT molecular complexity index is 119. The molecule has 0 heterocycles. The first-order valence-electron chi connectivity index (χ1n) is 3.47. The van der Waals surface area contributed by atoms with Crippen molar-refractivity contribution in [3.63, 3.8) is 0 Å². The molecule has 0 amide bonds. The summed E-state index contributed by atoms with van der Waals surface area (Å²) in [5.74, 6) is 0. The molecule has 4 N–H and O–H groups in total. The zero-order valence-electron chi connectivity index (χ0n) is 6.66. The maximum atomic E-state index is 8.96. The summed E-state index contributed by atoms with van der Waals surface area (Å²) in [6.07, 6.45) is -3.47. The number of ether oxygens (including phenoxy) is 1. The Morgan fingerprint density at radius 2 is 1.83 bits per heavy atom. The Morgan fingerprint density at radius 1 is 1.33 bits per heavy atom. The van der Waals surface area contributed by atoms with Crippen molar-refractivity contribution in [1.82, 2.24) is 0 Å². The zero-order valence-corrected chi connectivity index (χ0v) is 7.56. The first-order chi connectivity index (χ1) is 5.49. The number of aliphatic hydroxyl groups excluding tert-OH is 3. The summed E-state index contributed by atoms with van der Waals surface area (Å²) in [6.45, 7) is 1.02. The maximum Gasteiger partial charge on any atom is 0.188 e. The van der Waals surface area contributed by atoms with Crippen molar-refractivity contribution in [3.05, 3.63) is 0 Å². The average Bonchev–Trinajstić information content (AvgIpc) is 1.98. The molecule has 0 rings (SSSR count). The molecule has 12 heavy (non-hydrogen) atoms. The summed E-state index contributed by atoms with van der Waals surface area (Å²) in [6, 6.07) is 0. The molecular formula is C6H14O5S. The van der Waals surface area contributed by atoms with Crippen LogP contribution in [0, 0.1) is 0 Å². The minimum absolute atomic E-state index is 0.401. The van der Waals surface area contributed by atoms with Crippen LogP contribution in [0.1, 0.15) is 6.92 Å². The molecule has 74 valence electrons. The minimum Gasteiger partial charge on any atom is -0.394 e. The second kappa shape index (κ2) is 5.74. The van der Waals surface area contributed by atoms with Gasteiger partial charge in [-0.3, -0.25) is 0 Å². The summed E-state index contributed by atoms with van der Waals surface area (Å²) < 4.78 is 4.79. The van der Waals surface area contributed by atoms with Crippen LogP contribution in [0.15, 0.2) is 0 Å². The van der Waals surface area contributed by atoms with E-state index in [1.807, 2.05) is 0 Å². The van der Waals surface area contributed by atoms with Crippen molar-refractivity contribution < 1.29 is 25.2 Å². The molecule has 6 heteroatoms. The molecule has 5 nitrogen and oxygen atoms in total. The highest BCUT2D eigenvalue weighted by Gasteiger charge is 2.21.